The van der Waals surface area contributed by atoms with Crippen LogP contribution in [0.4, 0.5) is 11.4 Å². The van der Waals surface area contributed by atoms with Crippen molar-refractivity contribution < 1.29 is 19.5 Å². The Balaban J connectivity index is 1.54. The van der Waals surface area contributed by atoms with Gasteiger partial charge in [0.1, 0.15) is 0 Å². The van der Waals surface area contributed by atoms with Crippen molar-refractivity contribution in [3.8, 4) is 0 Å². The maximum Gasteiger partial charge on any atom is 0.303 e. The second kappa shape index (κ2) is 9.93. The Labute approximate surface area is 178 Å². The number of carboxylic acid groups (broad SMARTS) is 1. The monoisotopic (exact) mass is 422 g/mol. The highest BCUT2D eigenvalue weighted by Crippen LogP contribution is 2.26. The number of carbonyl (C=O) groups excluding carboxylic acids is 2. The fourth-order valence-corrected chi connectivity index (χ4v) is 3.70. The molecule has 2 amide bonds. The summed E-state index contributed by atoms with van der Waals surface area (Å²) in [5.41, 5.74) is 1.34. The molecule has 6 nitrogen and oxygen atoms in total. The predicted octanol–water partition coefficient (Wildman–Crippen LogP) is 4.76. The summed E-state index contributed by atoms with van der Waals surface area (Å²) in [4.78, 5) is 35.7. The van der Waals surface area contributed by atoms with Gasteiger partial charge < -0.3 is 15.7 Å². The average molecular weight is 423 g/mol. The highest BCUT2D eigenvalue weighted by atomic mass is 32.2. The third-order valence-electron chi connectivity index (χ3n) is 4.40. The topological polar surface area (TPSA) is 95.5 Å². The molecule has 3 aromatic carbocycles. The van der Waals surface area contributed by atoms with Crippen molar-refractivity contribution in [2.75, 3.05) is 10.6 Å². The van der Waals surface area contributed by atoms with Gasteiger partial charge >= 0.3 is 5.97 Å². The van der Waals surface area contributed by atoms with Crippen molar-refractivity contribution in [3.63, 3.8) is 0 Å². The highest BCUT2D eigenvalue weighted by molar-refractivity contribution is 8.00. The van der Waals surface area contributed by atoms with Crippen LogP contribution < -0.4 is 10.6 Å². The zero-order valence-corrected chi connectivity index (χ0v) is 17.2. The number of nitrogens with one attached hydrogen (secondary N) is 2. The number of aliphatic carboxylic acids is 1. The van der Waals surface area contributed by atoms with Crippen LogP contribution in [-0.2, 0) is 14.4 Å². The summed E-state index contributed by atoms with van der Waals surface area (Å²) < 4.78 is 0. The maximum absolute atomic E-state index is 12.6. The summed E-state index contributed by atoms with van der Waals surface area (Å²) in [6, 6.07) is 20.9. The van der Waals surface area contributed by atoms with Crippen LogP contribution in [0, 0.1) is 0 Å². The quantitative estimate of drug-likeness (QED) is 0.455. The van der Waals surface area contributed by atoms with Gasteiger partial charge in [-0.05, 0) is 54.1 Å². The third-order valence-corrected chi connectivity index (χ3v) is 5.52. The van der Waals surface area contributed by atoms with Gasteiger partial charge in [-0.3, -0.25) is 14.4 Å². The number of carbonyl (C=O) groups is 3. The van der Waals surface area contributed by atoms with Gasteiger partial charge in [0, 0.05) is 22.7 Å². The Morgan fingerprint density at radius 3 is 2.23 bits per heavy atom. The van der Waals surface area contributed by atoms with E-state index in [-0.39, 0.29) is 29.9 Å². The first-order valence-corrected chi connectivity index (χ1v) is 10.4. The van der Waals surface area contributed by atoms with Gasteiger partial charge in [-0.2, -0.15) is 0 Å². The zero-order chi connectivity index (χ0) is 21.5. The van der Waals surface area contributed by atoms with Gasteiger partial charge in [0.15, 0.2) is 0 Å². The molecule has 0 spiro atoms. The first-order valence-electron chi connectivity index (χ1n) is 9.49. The molecule has 0 aliphatic rings. The van der Waals surface area contributed by atoms with E-state index in [0.29, 0.717) is 5.69 Å². The fourth-order valence-electron chi connectivity index (χ4n) is 2.83. The molecule has 0 aliphatic carbocycles. The Bertz CT molecular complexity index is 1070. The second-order valence-electron chi connectivity index (χ2n) is 6.78. The van der Waals surface area contributed by atoms with Crippen molar-refractivity contribution in [2.24, 2.45) is 0 Å². The van der Waals surface area contributed by atoms with Gasteiger partial charge in [0.25, 0.3) is 0 Å². The van der Waals surface area contributed by atoms with E-state index >= 15 is 0 Å². The van der Waals surface area contributed by atoms with Crippen LogP contribution in [0.5, 0.6) is 0 Å². The van der Waals surface area contributed by atoms with Crippen LogP contribution in [0.25, 0.3) is 10.8 Å². The molecule has 1 atom stereocenters. The van der Waals surface area contributed by atoms with Crippen LogP contribution in [0.1, 0.15) is 19.8 Å². The molecule has 0 saturated heterocycles. The van der Waals surface area contributed by atoms with Gasteiger partial charge in [-0.1, -0.05) is 30.3 Å². The smallest absolute Gasteiger partial charge is 0.303 e. The highest BCUT2D eigenvalue weighted by Gasteiger charge is 2.15. The summed E-state index contributed by atoms with van der Waals surface area (Å²) in [6.45, 7) is 1.84. The van der Waals surface area contributed by atoms with Gasteiger partial charge in [-0.25, -0.2) is 0 Å². The molecule has 0 bridgehead atoms. The normalized spacial score (nSPS) is 11.6. The molecule has 0 aromatic heterocycles. The first-order chi connectivity index (χ1) is 14.4. The van der Waals surface area contributed by atoms with Gasteiger partial charge in [-0.15, -0.1) is 11.8 Å². The van der Waals surface area contributed by atoms with E-state index in [1.165, 1.54) is 11.8 Å². The molecular formula is C23H22N2O4S. The summed E-state index contributed by atoms with van der Waals surface area (Å²) in [5, 5.41) is 16.1. The molecule has 0 aliphatic heterocycles. The molecule has 3 rings (SSSR count). The molecule has 0 saturated carbocycles. The molecule has 7 heteroatoms. The predicted molar refractivity (Wildman–Crippen MR) is 120 cm³/mol. The minimum atomic E-state index is -1.01. The molecule has 3 aromatic rings. The van der Waals surface area contributed by atoms with Crippen molar-refractivity contribution in [3.05, 3.63) is 66.7 Å². The van der Waals surface area contributed by atoms with Crippen LogP contribution in [0.2, 0.25) is 0 Å². The Morgan fingerprint density at radius 1 is 0.867 bits per heavy atom. The molecule has 154 valence electrons. The van der Waals surface area contributed by atoms with Crippen molar-refractivity contribution in [1.29, 1.82) is 0 Å². The number of carboxylic acids is 1. The molecule has 1 unspecified atom stereocenters. The van der Waals surface area contributed by atoms with Crippen molar-refractivity contribution >= 4 is 51.7 Å². The van der Waals surface area contributed by atoms with Crippen molar-refractivity contribution in [2.45, 2.75) is 29.9 Å². The van der Waals surface area contributed by atoms with Gasteiger partial charge in [0.2, 0.25) is 11.8 Å². The molecule has 0 radical (unpaired) electrons. The van der Waals surface area contributed by atoms with Crippen LogP contribution in [0.3, 0.4) is 0 Å². The first kappa shape index (κ1) is 21.4. The molecule has 0 heterocycles. The minimum absolute atomic E-state index is 0.0716. The Morgan fingerprint density at radius 2 is 1.53 bits per heavy atom. The minimum Gasteiger partial charge on any atom is -0.481 e. The number of benzene rings is 3. The summed E-state index contributed by atoms with van der Waals surface area (Å²) in [6.07, 6.45) is -0.276. The third kappa shape index (κ3) is 6.09. The average Bonchev–Trinajstić information content (AvgIpc) is 2.73. The number of hydrogen-bond donors (Lipinski definition) is 3. The van der Waals surface area contributed by atoms with E-state index in [1.54, 1.807) is 12.1 Å². The van der Waals surface area contributed by atoms with E-state index in [2.05, 4.69) is 10.6 Å². The van der Waals surface area contributed by atoms with E-state index in [9.17, 15) is 14.4 Å². The van der Waals surface area contributed by atoms with Crippen LogP contribution in [0.15, 0.2) is 71.6 Å². The molecular weight excluding hydrogens is 400 g/mol. The van der Waals surface area contributed by atoms with E-state index < -0.39 is 5.97 Å². The standard InChI is InChI=1S/C23H22N2O4S/c1-15(23(29)25-19-7-6-16-4-2-3-5-17(16)14-19)30-20-10-8-18(9-11-20)24-21(26)12-13-22(27)28/h2-11,14-15H,12-13H2,1H3,(H,24,26)(H,25,29)(H,27,28). The number of rotatable bonds is 8. The Kier molecular flexibility index (Phi) is 7.08. The zero-order valence-electron chi connectivity index (χ0n) is 16.4. The number of thioether (sulfide) groups is 1. The summed E-state index contributed by atoms with van der Waals surface area (Å²) in [7, 11) is 0. The van der Waals surface area contributed by atoms with E-state index in [1.807, 2.05) is 61.5 Å². The van der Waals surface area contributed by atoms with Gasteiger partial charge in [0.05, 0.1) is 11.7 Å². The van der Waals surface area contributed by atoms with Crippen molar-refractivity contribution in [1.82, 2.24) is 0 Å². The SMILES string of the molecule is CC(Sc1ccc(NC(=O)CCC(=O)O)cc1)C(=O)Nc1ccc2ccccc2c1. The number of anilines is 2. The molecule has 3 N–H and O–H groups in total. The van der Waals surface area contributed by atoms with E-state index in [4.69, 9.17) is 5.11 Å². The summed E-state index contributed by atoms with van der Waals surface area (Å²) >= 11 is 1.41. The summed E-state index contributed by atoms with van der Waals surface area (Å²) in [5.74, 6) is -1.45. The molecule has 0 fully saturated rings. The molecule has 30 heavy (non-hydrogen) atoms. The lowest BCUT2D eigenvalue weighted by atomic mass is 10.1. The number of amides is 2. The lowest BCUT2D eigenvalue weighted by Crippen LogP contribution is -2.22. The van der Waals surface area contributed by atoms with Crippen LogP contribution >= 0.6 is 11.8 Å². The number of fused-ring (bicyclic) bond motifs is 1. The lowest BCUT2D eigenvalue weighted by molar-refractivity contribution is -0.138. The largest absolute Gasteiger partial charge is 0.481 e. The Hall–Kier alpha value is -3.32. The number of hydrogen-bond acceptors (Lipinski definition) is 4. The fraction of sp³-hybridized carbons (Fsp3) is 0.174. The lowest BCUT2D eigenvalue weighted by Gasteiger charge is -2.13. The van der Waals surface area contributed by atoms with E-state index in [0.717, 1.165) is 21.4 Å². The maximum atomic E-state index is 12.6. The van der Waals surface area contributed by atoms with Crippen LogP contribution in [-0.4, -0.2) is 28.1 Å². The second-order valence-corrected chi connectivity index (χ2v) is 8.19.